The van der Waals surface area contributed by atoms with Gasteiger partial charge in [0.05, 0.1) is 7.11 Å². The summed E-state index contributed by atoms with van der Waals surface area (Å²) in [6.45, 7) is 0.770. The van der Waals surface area contributed by atoms with Gasteiger partial charge in [0, 0.05) is 24.7 Å². The number of primary amides is 1. The van der Waals surface area contributed by atoms with E-state index in [1.807, 2.05) is 0 Å². The van der Waals surface area contributed by atoms with Gasteiger partial charge >= 0.3 is 0 Å². The van der Waals surface area contributed by atoms with E-state index < -0.39 is 15.9 Å². The van der Waals surface area contributed by atoms with Crippen molar-refractivity contribution in [1.29, 1.82) is 0 Å². The van der Waals surface area contributed by atoms with Crippen LogP contribution in [0.25, 0.3) is 0 Å². The Kier molecular flexibility index (Phi) is 4.78. The maximum absolute atomic E-state index is 12.9. The van der Waals surface area contributed by atoms with Crippen LogP contribution < -0.4 is 10.5 Å². The number of sulfonamides is 1. The molecule has 8 nitrogen and oxygen atoms in total. The van der Waals surface area contributed by atoms with Crippen molar-refractivity contribution in [2.24, 2.45) is 5.73 Å². The lowest BCUT2D eigenvalue weighted by molar-refractivity contribution is 0.0995. The van der Waals surface area contributed by atoms with E-state index >= 15 is 0 Å². The summed E-state index contributed by atoms with van der Waals surface area (Å²) in [6.07, 6.45) is 1.27. The Hall–Kier alpha value is -2.39. The monoisotopic (exact) mass is 364 g/mol. The van der Waals surface area contributed by atoms with Gasteiger partial charge in [0.15, 0.2) is 0 Å². The summed E-state index contributed by atoms with van der Waals surface area (Å²) < 4.78 is 32.4. The van der Waals surface area contributed by atoms with Gasteiger partial charge in [-0.1, -0.05) is 12.1 Å². The van der Waals surface area contributed by atoms with Crippen molar-refractivity contribution in [1.82, 2.24) is 14.5 Å². The van der Waals surface area contributed by atoms with Crippen molar-refractivity contribution in [3.8, 4) is 5.75 Å². The first-order chi connectivity index (χ1) is 11.9. The van der Waals surface area contributed by atoms with Crippen LogP contribution >= 0.6 is 0 Å². The second-order valence-electron chi connectivity index (χ2n) is 5.90. The number of nitrogens with two attached hydrogens (primary N) is 1. The number of rotatable bonds is 5. The Morgan fingerprint density at radius 3 is 2.60 bits per heavy atom. The van der Waals surface area contributed by atoms with Gasteiger partial charge < -0.3 is 10.5 Å². The van der Waals surface area contributed by atoms with E-state index in [4.69, 9.17) is 10.5 Å². The maximum atomic E-state index is 12.9. The standard InChI is InChI=1S/C16H20N4O4S/c1-24-14-4-2-3-5-15(14)25(22,23)20-8-6-11(7-9-20)12-10-13(16(17)21)19-18-12/h2-5,10-11H,6-9H2,1H3,(H2,17,21)(H,18,19). The molecule has 1 aliphatic rings. The lowest BCUT2D eigenvalue weighted by Crippen LogP contribution is -2.38. The highest BCUT2D eigenvalue weighted by Crippen LogP contribution is 2.32. The zero-order valence-electron chi connectivity index (χ0n) is 13.8. The largest absolute Gasteiger partial charge is 0.495 e. The SMILES string of the molecule is COc1ccccc1S(=O)(=O)N1CCC(c2cc(C(N)=O)n[nH]2)CC1. The predicted octanol–water partition coefficient (Wildman–Crippen LogP) is 1.09. The van der Waals surface area contributed by atoms with Crippen LogP contribution in [0.1, 0.15) is 34.9 Å². The molecule has 2 heterocycles. The van der Waals surface area contributed by atoms with E-state index in [0.717, 1.165) is 5.69 Å². The van der Waals surface area contributed by atoms with Crippen LogP contribution in [0.3, 0.4) is 0 Å². The Balaban J connectivity index is 1.74. The van der Waals surface area contributed by atoms with Crippen molar-refractivity contribution in [2.75, 3.05) is 20.2 Å². The quantitative estimate of drug-likeness (QED) is 0.823. The number of carbonyl (C=O) groups is 1. The molecule has 1 saturated heterocycles. The number of piperidine rings is 1. The number of benzene rings is 1. The molecule has 1 aliphatic heterocycles. The molecule has 1 aromatic heterocycles. The summed E-state index contributed by atoms with van der Waals surface area (Å²) in [5, 5.41) is 6.70. The van der Waals surface area contributed by atoms with Crippen LogP contribution in [-0.2, 0) is 10.0 Å². The Labute approximate surface area is 146 Å². The number of carbonyl (C=O) groups excluding carboxylic acids is 1. The number of aromatic nitrogens is 2. The first-order valence-corrected chi connectivity index (χ1v) is 9.35. The fourth-order valence-corrected chi connectivity index (χ4v) is 4.68. The van der Waals surface area contributed by atoms with Crippen molar-refractivity contribution < 1.29 is 17.9 Å². The average Bonchev–Trinajstić information content (AvgIpc) is 3.12. The number of ether oxygens (including phenoxy) is 1. The van der Waals surface area contributed by atoms with Crippen LogP contribution in [-0.4, -0.2) is 49.0 Å². The molecule has 9 heteroatoms. The molecule has 1 fully saturated rings. The van der Waals surface area contributed by atoms with Crippen molar-refractivity contribution in [3.05, 3.63) is 41.7 Å². The normalized spacial score (nSPS) is 16.7. The summed E-state index contributed by atoms with van der Waals surface area (Å²) in [7, 11) is -2.16. The number of hydrogen-bond acceptors (Lipinski definition) is 5. The van der Waals surface area contributed by atoms with Crippen LogP contribution in [0, 0.1) is 0 Å². The molecule has 2 aromatic rings. The number of nitrogens with zero attached hydrogens (tertiary/aromatic N) is 2. The topological polar surface area (TPSA) is 118 Å². The number of aromatic amines is 1. The lowest BCUT2D eigenvalue weighted by Gasteiger charge is -2.31. The molecule has 0 radical (unpaired) electrons. The molecule has 134 valence electrons. The number of H-pyrrole nitrogens is 1. The van der Waals surface area contributed by atoms with Gasteiger partial charge in [0.25, 0.3) is 5.91 Å². The van der Waals surface area contributed by atoms with E-state index in [-0.39, 0.29) is 16.5 Å². The number of hydrogen-bond donors (Lipinski definition) is 2. The summed E-state index contributed by atoms with van der Waals surface area (Å²) in [4.78, 5) is 11.3. The van der Waals surface area contributed by atoms with Gasteiger partial charge in [-0.25, -0.2) is 8.42 Å². The molecule has 0 aliphatic carbocycles. The van der Waals surface area contributed by atoms with Gasteiger partial charge in [-0.15, -0.1) is 0 Å². The van der Waals surface area contributed by atoms with E-state index in [1.165, 1.54) is 11.4 Å². The van der Waals surface area contributed by atoms with Crippen LogP contribution in [0.5, 0.6) is 5.75 Å². The first kappa shape index (κ1) is 17.4. The second kappa shape index (κ2) is 6.85. The second-order valence-corrected chi connectivity index (χ2v) is 7.81. The Morgan fingerprint density at radius 1 is 1.32 bits per heavy atom. The molecule has 0 unspecified atom stereocenters. The number of amides is 1. The smallest absolute Gasteiger partial charge is 0.269 e. The van der Waals surface area contributed by atoms with E-state index in [2.05, 4.69) is 10.2 Å². The number of nitrogens with one attached hydrogen (secondary N) is 1. The van der Waals surface area contributed by atoms with Crippen LogP contribution in [0.2, 0.25) is 0 Å². The predicted molar refractivity (Wildman–Crippen MR) is 90.8 cm³/mol. The van der Waals surface area contributed by atoms with Crippen molar-refractivity contribution in [3.63, 3.8) is 0 Å². The molecule has 0 atom stereocenters. The Morgan fingerprint density at radius 2 is 2.00 bits per heavy atom. The zero-order chi connectivity index (χ0) is 18.0. The van der Waals surface area contributed by atoms with Gasteiger partial charge in [0.1, 0.15) is 16.3 Å². The fourth-order valence-electron chi connectivity index (χ4n) is 3.05. The average molecular weight is 364 g/mol. The van der Waals surface area contributed by atoms with E-state index in [0.29, 0.717) is 31.7 Å². The van der Waals surface area contributed by atoms with Gasteiger partial charge in [-0.2, -0.15) is 9.40 Å². The third-order valence-electron chi connectivity index (χ3n) is 4.43. The minimum Gasteiger partial charge on any atom is -0.495 e. The van der Waals surface area contributed by atoms with Crippen LogP contribution in [0.15, 0.2) is 35.2 Å². The van der Waals surface area contributed by atoms with E-state index in [1.54, 1.807) is 30.3 Å². The molecule has 25 heavy (non-hydrogen) atoms. The molecular formula is C16H20N4O4S. The Bertz CT molecular complexity index is 870. The summed E-state index contributed by atoms with van der Waals surface area (Å²) in [5.74, 6) is -0.132. The summed E-state index contributed by atoms with van der Waals surface area (Å²) in [5.41, 5.74) is 6.21. The van der Waals surface area contributed by atoms with Crippen molar-refractivity contribution >= 4 is 15.9 Å². The highest BCUT2D eigenvalue weighted by molar-refractivity contribution is 7.89. The maximum Gasteiger partial charge on any atom is 0.269 e. The molecule has 0 bridgehead atoms. The summed E-state index contributed by atoms with van der Waals surface area (Å²) in [6, 6.07) is 8.23. The number of methoxy groups -OCH3 is 1. The molecule has 1 aromatic carbocycles. The summed E-state index contributed by atoms with van der Waals surface area (Å²) >= 11 is 0. The number of para-hydroxylation sites is 1. The fraction of sp³-hybridized carbons (Fsp3) is 0.375. The molecule has 3 rings (SSSR count). The van der Waals surface area contributed by atoms with Gasteiger partial charge in [-0.3, -0.25) is 9.89 Å². The zero-order valence-corrected chi connectivity index (χ0v) is 14.6. The highest BCUT2D eigenvalue weighted by atomic mass is 32.2. The minimum absolute atomic E-state index is 0.115. The molecular weight excluding hydrogens is 344 g/mol. The van der Waals surface area contributed by atoms with Crippen LogP contribution in [0.4, 0.5) is 0 Å². The highest BCUT2D eigenvalue weighted by Gasteiger charge is 2.32. The van der Waals surface area contributed by atoms with Gasteiger partial charge in [0.2, 0.25) is 10.0 Å². The first-order valence-electron chi connectivity index (χ1n) is 7.91. The lowest BCUT2D eigenvalue weighted by atomic mass is 9.94. The third-order valence-corrected chi connectivity index (χ3v) is 6.37. The van der Waals surface area contributed by atoms with Gasteiger partial charge in [-0.05, 0) is 31.0 Å². The molecule has 1 amide bonds. The van der Waals surface area contributed by atoms with E-state index in [9.17, 15) is 13.2 Å². The molecule has 0 saturated carbocycles. The molecule has 3 N–H and O–H groups in total. The minimum atomic E-state index is -3.61. The third kappa shape index (κ3) is 3.38. The van der Waals surface area contributed by atoms with Crippen molar-refractivity contribution in [2.45, 2.75) is 23.7 Å². The molecule has 0 spiro atoms.